The number of benzene rings is 2. The molecule has 0 aliphatic heterocycles. The molecule has 7 nitrogen and oxygen atoms in total. The Morgan fingerprint density at radius 3 is 2.10 bits per heavy atom. The minimum Gasteiger partial charge on any atom is -0.376 e. The molecule has 0 saturated carbocycles. The molecule has 30 heavy (non-hydrogen) atoms. The molecule has 0 spiro atoms. The Labute approximate surface area is 171 Å². The van der Waals surface area contributed by atoms with Crippen LogP contribution in [0, 0.1) is 0 Å². The van der Waals surface area contributed by atoms with Gasteiger partial charge in [0.1, 0.15) is 0 Å². The van der Waals surface area contributed by atoms with Crippen LogP contribution in [0.5, 0.6) is 0 Å². The van der Waals surface area contributed by atoms with E-state index in [0.29, 0.717) is 11.5 Å². The summed E-state index contributed by atoms with van der Waals surface area (Å²) >= 11 is 0. The lowest BCUT2D eigenvalue weighted by molar-refractivity contribution is -0.137. The van der Waals surface area contributed by atoms with E-state index in [2.05, 4.69) is 20.2 Å². The van der Waals surface area contributed by atoms with Crippen LogP contribution in [0.2, 0.25) is 0 Å². The average molecular weight is 437 g/mol. The van der Waals surface area contributed by atoms with Crippen LogP contribution in [0.3, 0.4) is 0 Å². The Kier molecular flexibility index (Phi) is 5.83. The minimum atomic E-state index is -4.53. The van der Waals surface area contributed by atoms with E-state index in [1.807, 2.05) is 19.0 Å². The van der Waals surface area contributed by atoms with Crippen molar-refractivity contribution in [3.05, 3.63) is 66.4 Å². The maximum absolute atomic E-state index is 12.6. The van der Waals surface area contributed by atoms with Crippen molar-refractivity contribution in [3.8, 4) is 0 Å². The standard InChI is InChI=1S/C19H18F3N5O2S/c1-27(2)16-11-18(25-23-12-16)24-14-5-7-15(8-6-14)26-30(28,29)17-9-3-13(4-10-17)19(20,21)22/h3-12,26H,1-2H3,(H,24,25). The number of halogens is 3. The van der Waals surface area contributed by atoms with E-state index >= 15 is 0 Å². The molecule has 0 fully saturated rings. The second-order valence-electron chi connectivity index (χ2n) is 6.52. The summed E-state index contributed by atoms with van der Waals surface area (Å²) in [6, 6.07) is 11.4. The number of aromatic nitrogens is 2. The molecule has 11 heteroatoms. The summed E-state index contributed by atoms with van der Waals surface area (Å²) in [4.78, 5) is 1.60. The van der Waals surface area contributed by atoms with Gasteiger partial charge < -0.3 is 10.2 Å². The van der Waals surface area contributed by atoms with Crippen molar-refractivity contribution in [2.45, 2.75) is 11.1 Å². The number of nitrogens with zero attached hydrogens (tertiary/aromatic N) is 3. The van der Waals surface area contributed by atoms with Gasteiger partial charge >= 0.3 is 6.18 Å². The largest absolute Gasteiger partial charge is 0.416 e. The van der Waals surface area contributed by atoms with Gasteiger partial charge in [-0.25, -0.2) is 8.42 Å². The van der Waals surface area contributed by atoms with Gasteiger partial charge in [-0.1, -0.05) is 0 Å². The molecule has 1 heterocycles. The molecule has 0 atom stereocenters. The van der Waals surface area contributed by atoms with Crippen molar-refractivity contribution in [1.29, 1.82) is 0 Å². The fourth-order valence-corrected chi connectivity index (χ4v) is 3.53. The lowest BCUT2D eigenvalue weighted by Gasteiger charge is -2.13. The molecular formula is C19H18F3N5O2S. The summed E-state index contributed by atoms with van der Waals surface area (Å²) in [7, 11) is -0.281. The van der Waals surface area contributed by atoms with Crippen molar-refractivity contribution in [1.82, 2.24) is 10.2 Å². The Hall–Kier alpha value is -3.34. The van der Waals surface area contributed by atoms with Gasteiger partial charge in [0.25, 0.3) is 10.0 Å². The van der Waals surface area contributed by atoms with E-state index in [0.717, 1.165) is 30.0 Å². The fourth-order valence-electron chi connectivity index (χ4n) is 2.47. The van der Waals surface area contributed by atoms with Crippen LogP contribution in [0.15, 0.2) is 65.7 Å². The molecule has 158 valence electrons. The molecule has 0 unspecified atom stereocenters. The number of alkyl halides is 3. The van der Waals surface area contributed by atoms with Crippen LogP contribution in [0.25, 0.3) is 0 Å². The van der Waals surface area contributed by atoms with E-state index < -0.39 is 21.8 Å². The maximum atomic E-state index is 12.6. The van der Waals surface area contributed by atoms with Crippen molar-refractivity contribution < 1.29 is 21.6 Å². The highest BCUT2D eigenvalue weighted by Crippen LogP contribution is 2.30. The van der Waals surface area contributed by atoms with E-state index in [1.165, 1.54) is 12.1 Å². The van der Waals surface area contributed by atoms with Crippen molar-refractivity contribution in [2.75, 3.05) is 29.0 Å². The smallest absolute Gasteiger partial charge is 0.376 e. The van der Waals surface area contributed by atoms with E-state index in [1.54, 1.807) is 24.4 Å². The molecule has 2 aromatic carbocycles. The third-order valence-corrected chi connectivity index (χ3v) is 5.46. The van der Waals surface area contributed by atoms with Crippen LogP contribution in [-0.2, 0) is 16.2 Å². The molecule has 0 radical (unpaired) electrons. The lowest BCUT2D eigenvalue weighted by atomic mass is 10.2. The monoisotopic (exact) mass is 437 g/mol. The van der Waals surface area contributed by atoms with Crippen molar-refractivity contribution >= 4 is 32.9 Å². The van der Waals surface area contributed by atoms with Crippen molar-refractivity contribution in [2.24, 2.45) is 0 Å². The summed E-state index contributed by atoms with van der Waals surface area (Å²) in [5, 5.41) is 10.9. The third-order valence-electron chi connectivity index (χ3n) is 4.06. The molecule has 0 aliphatic carbocycles. The molecule has 3 aromatic rings. The van der Waals surface area contributed by atoms with Crippen LogP contribution in [-0.4, -0.2) is 32.7 Å². The summed E-state index contributed by atoms with van der Waals surface area (Å²) in [5.41, 5.74) is 0.845. The number of hydrogen-bond acceptors (Lipinski definition) is 6. The highest BCUT2D eigenvalue weighted by atomic mass is 32.2. The number of sulfonamides is 1. The summed E-state index contributed by atoms with van der Waals surface area (Å²) in [5.74, 6) is 0.513. The van der Waals surface area contributed by atoms with Gasteiger partial charge in [-0.3, -0.25) is 4.72 Å². The highest BCUT2D eigenvalue weighted by molar-refractivity contribution is 7.92. The molecule has 3 rings (SSSR count). The normalized spacial score (nSPS) is 11.8. The zero-order valence-corrected chi connectivity index (χ0v) is 16.8. The first kappa shape index (κ1) is 21.4. The summed E-state index contributed by atoms with van der Waals surface area (Å²) in [6.07, 6.45) is -2.92. The predicted octanol–water partition coefficient (Wildman–Crippen LogP) is 4.11. The van der Waals surface area contributed by atoms with Crippen LogP contribution in [0.4, 0.5) is 36.1 Å². The molecule has 0 amide bonds. The highest BCUT2D eigenvalue weighted by Gasteiger charge is 2.30. The molecule has 1 aromatic heterocycles. The van der Waals surface area contributed by atoms with E-state index in [4.69, 9.17) is 0 Å². The molecule has 0 aliphatic rings. The molecular weight excluding hydrogens is 419 g/mol. The average Bonchev–Trinajstić information content (AvgIpc) is 2.69. The second-order valence-corrected chi connectivity index (χ2v) is 8.21. The Morgan fingerprint density at radius 1 is 0.933 bits per heavy atom. The van der Waals surface area contributed by atoms with Gasteiger partial charge in [0.2, 0.25) is 0 Å². The topological polar surface area (TPSA) is 87.2 Å². The van der Waals surface area contributed by atoms with Gasteiger partial charge in [-0.2, -0.15) is 18.3 Å². The lowest BCUT2D eigenvalue weighted by Crippen LogP contribution is -2.13. The SMILES string of the molecule is CN(C)c1cnnc(Nc2ccc(NS(=O)(=O)c3ccc(C(F)(F)F)cc3)cc2)c1. The van der Waals surface area contributed by atoms with Crippen LogP contribution in [0.1, 0.15) is 5.56 Å². The minimum absolute atomic E-state index is 0.258. The number of anilines is 4. The van der Waals surface area contributed by atoms with Gasteiger partial charge in [0.15, 0.2) is 5.82 Å². The quantitative estimate of drug-likeness (QED) is 0.604. The van der Waals surface area contributed by atoms with Crippen molar-refractivity contribution in [3.63, 3.8) is 0 Å². The Balaban J connectivity index is 1.71. The molecule has 0 saturated heterocycles. The Bertz CT molecular complexity index is 1120. The number of hydrogen-bond donors (Lipinski definition) is 2. The zero-order chi connectivity index (χ0) is 21.9. The van der Waals surface area contributed by atoms with Gasteiger partial charge in [-0.15, -0.1) is 5.10 Å². The fraction of sp³-hybridized carbons (Fsp3) is 0.158. The zero-order valence-electron chi connectivity index (χ0n) is 16.0. The first-order valence-electron chi connectivity index (χ1n) is 8.62. The van der Waals surface area contributed by atoms with Gasteiger partial charge in [0, 0.05) is 31.5 Å². The van der Waals surface area contributed by atoms with E-state index in [-0.39, 0.29) is 10.6 Å². The van der Waals surface area contributed by atoms with Crippen LogP contribution < -0.4 is 14.9 Å². The predicted molar refractivity (Wildman–Crippen MR) is 108 cm³/mol. The first-order chi connectivity index (χ1) is 14.0. The van der Waals surface area contributed by atoms with Gasteiger partial charge in [-0.05, 0) is 48.5 Å². The molecule has 2 N–H and O–H groups in total. The van der Waals surface area contributed by atoms with Crippen LogP contribution >= 0.6 is 0 Å². The van der Waals surface area contributed by atoms with E-state index in [9.17, 15) is 21.6 Å². The van der Waals surface area contributed by atoms with Gasteiger partial charge in [0.05, 0.1) is 22.3 Å². The first-order valence-corrected chi connectivity index (χ1v) is 10.1. The molecule has 0 bridgehead atoms. The third kappa shape index (κ3) is 5.17. The maximum Gasteiger partial charge on any atom is 0.416 e. The summed E-state index contributed by atoms with van der Waals surface area (Å²) < 4.78 is 65.1. The number of nitrogens with one attached hydrogen (secondary N) is 2. The Morgan fingerprint density at radius 2 is 1.53 bits per heavy atom. The summed E-state index contributed by atoms with van der Waals surface area (Å²) in [6.45, 7) is 0. The second kappa shape index (κ2) is 8.19. The number of rotatable bonds is 6.